The van der Waals surface area contributed by atoms with E-state index >= 15 is 0 Å². The number of ether oxygens (including phenoxy) is 1. The first-order chi connectivity index (χ1) is 7.09. The van der Waals surface area contributed by atoms with Crippen LogP contribution in [0.5, 0.6) is 5.75 Å². The molecule has 6 heteroatoms. The second kappa shape index (κ2) is 3.60. The average molecular weight is 230 g/mol. The maximum atomic E-state index is 10.9. The van der Waals surface area contributed by atoms with Gasteiger partial charge in [0.15, 0.2) is 6.23 Å². The van der Waals surface area contributed by atoms with Crippen molar-refractivity contribution in [1.82, 2.24) is 0 Å². The van der Waals surface area contributed by atoms with Gasteiger partial charge in [0.25, 0.3) is 0 Å². The number of hydrogen-bond donors (Lipinski definition) is 2. The molecule has 5 nitrogen and oxygen atoms in total. The molecule has 0 spiro atoms. The predicted octanol–water partition coefficient (Wildman–Crippen LogP) is 1.54. The van der Waals surface area contributed by atoms with Gasteiger partial charge in [-0.2, -0.15) is 0 Å². The van der Waals surface area contributed by atoms with E-state index in [1.807, 2.05) is 0 Å². The minimum Gasteiger partial charge on any atom is -0.487 e. The van der Waals surface area contributed by atoms with Crippen LogP contribution in [0.4, 0.5) is 10.5 Å². The molecule has 80 valence electrons. The monoisotopic (exact) mass is 229 g/mol. The van der Waals surface area contributed by atoms with Crippen molar-refractivity contribution in [3.8, 4) is 5.75 Å². The lowest BCUT2D eigenvalue weighted by Gasteiger charge is -2.31. The van der Waals surface area contributed by atoms with Gasteiger partial charge >= 0.3 is 6.09 Å². The number of aliphatic hydroxyl groups is 1. The topological polar surface area (TPSA) is 70.0 Å². The van der Waals surface area contributed by atoms with Crippen molar-refractivity contribution in [1.29, 1.82) is 0 Å². The summed E-state index contributed by atoms with van der Waals surface area (Å²) in [6, 6.07) is 4.55. The summed E-state index contributed by atoms with van der Waals surface area (Å²) >= 11 is 5.73. The smallest absolute Gasteiger partial charge is 0.414 e. The SMILES string of the molecule is O=C(O)N1c2ccc(Cl)cc2OCC1O. The molecule has 0 saturated carbocycles. The second-order valence-corrected chi connectivity index (χ2v) is 3.49. The van der Waals surface area contributed by atoms with E-state index in [9.17, 15) is 9.90 Å². The van der Waals surface area contributed by atoms with Crippen molar-refractivity contribution < 1.29 is 19.7 Å². The van der Waals surface area contributed by atoms with E-state index in [1.165, 1.54) is 18.2 Å². The fraction of sp³-hybridized carbons (Fsp3) is 0.222. The number of anilines is 1. The van der Waals surface area contributed by atoms with Crippen molar-refractivity contribution in [3.63, 3.8) is 0 Å². The zero-order valence-corrected chi connectivity index (χ0v) is 8.31. The van der Waals surface area contributed by atoms with Crippen molar-refractivity contribution in [2.24, 2.45) is 0 Å². The molecule has 1 amide bonds. The highest BCUT2D eigenvalue weighted by molar-refractivity contribution is 6.30. The molecule has 0 aromatic heterocycles. The van der Waals surface area contributed by atoms with Crippen LogP contribution in [-0.2, 0) is 0 Å². The van der Waals surface area contributed by atoms with Gasteiger partial charge in [-0.3, -0.25) is 0 Å². The molecule has 0 aliphatic carbocycles. The normalized spacial score (nSPS) is 19.3. The molecule has 1 heterocycles. The molecule has 0 bridgehead atoms. The van der Waals surface area contributed by atoms with E-state index in [-0.39, 0.29) is 6.61 Å². The Labute approximate surface area is 90.4 Å². The first-order valence-electron chi connectivity index (χ1n) is 4.22. The predicted molar refractivity (Wildman–Crippen MR) is 53.5 cm³/mol. The largest absolute Gasteiger partial charge is 0.487 e. The quantitative estimate of drug-likeness (QED) is 0.708. The molecule has 0 fully saturated rings. The Hall–Kier alpha value is -1.46. The Morgan fingerprint density at radius 1 is 1.60 bits per heavy atom. The maximum absolute atomic E-state index is 10.9. The van der Waals surface area contributed by atoms with E-state index in [2.05, 4.69) is 0 Å². The first kappa shape index (κ1) is 10.1. The highest BCUT2D eigenvalue weighted by Crippen LogP contribution is 2.35. The van der Waals surface area contributed by atoms with E-state index in [4.69, 9.17) is 21.4 Å². The first-order valence-corrected chi connectivity index (χ1v) is 4.60. The van der Waals surface area contributed by atoms with Gasteiger partial charge < -0.3 is 14.9 Å². The van der Waals surface area contributed by atoms with Crippen LogP contribution in [0.15, 0.2) is 18.2 Å². The number of nitrogens with zero attached hydrogens (tertiary/aromatic N) is 1. The molecule has 1 aliphatic rings. The third-order valence-corrected chi connectivity index (χ3v) is 2.31. The average Bonchev–Trinajstić information content (AvgIpc) is 2.17. The van der Waals surface area contributed by atoms with Crippen LogP contribution in [-0.4, -0.2) is 29.1 Å². The second-order valence-electron chi connectivity index (χ2n) is 3.06. The minimum absolute atomic E-state index is 0.0976. The van der Waals surface area contributed by atoms with E-state index < -0.39 is 12.3 Å². The van der Waals surface area contributed by atoms with Crippen LogP contribution in [0, 0.1) is 0 Å². The van der Waals surface area contributed by atoms with E-state index in [1.54, 1.807) is 0 Å². The summed E-state index contributed by atoms with van der Waals surface area (Å²) < 4.78 is 5.16. The number of halogens is 1. The van der Waals surface area contributed by atoms with Gasteiger partial charge in [0.2, 0.25) is 0 Å². The standard InChI is InChI=1S/C9H8ClNO4/c10-5-1-2-6-7(3-5)15-4-8(12)11(6)9(13)14/h1-3,8,12H,4H2,(H,13,14). The summed E-state index contributed by atoms with van der Waals surface area (Å²) in [4.78, 5) is 11.7. The van der Waals surface area contributed by atoms with Crippen LogP contribution in [0.2, 0.25) is 5.02 Å². The van der Waals surface area contributed by atoms with Crippen LogP contribution < -0.4 is 9.64 Å². The number of benzene rings is 1. The Bertz CT molecular complexity index is 409. The Balaban J connectivity index is 2.48. The number of rotatable bonds is 0. The van der Waals surface area contributed by atoms with Gasteiger partial charge in [-0.1, -0.05) is 11.6 Å². The summed E-state index contributed by atoms with van der Waals surface area (Å²) in [7, 11) is 0. The zero-order chi connectivity index (χ0) is 11.0. The fourth-order valence-electron chi connectivity index (χ4n) is 1.43. The number of amides is 1. The zero-order valence-electron chi connectivity index (χ0n) is 7.55. The number of carboxylic acid groups (broad SMARTS) is 1. The Morgan fingerprint density at radius 3 is 3.00 bits per heavy atom. The number of fused-ring (bicyclic) bond motifs is 1. The van der Waals surface area contributed by atoms with Gasteiger partial charge in [0.1, 0.15) is 12.4 Å². The molecule has 1 aromatic rings. The van der Waals surface area contributed by atoms with Crippen LogP contribution in [0.25, 0.3) is 0 Å². The molecule has 1 atom stereocenters. The fourth-order valence-corrected chi connectivity index (χ4v) is 1.59. The number of hydrogen-bond acceptors (Lipinski definition) is 3. The molecule has 1 aliphatic heterocycles. The lowest BCUT2D eigenvalue weighted by Crippen LogP contribution is -2.46. The lowest BCUT2D eigenvalue weighted by atomic mass is 10.2. The molecular formula is C9H8ClNO4. The van der Waals surface area contributed by atoms with Gasteiger partial charge in [-0.25, -0.2) is 9.69 Å². The molecule has 0 radical (unpaired) electrons. The lowest BCUT2D eigenvalue weighted by molar-refractivity contribution is 0.0873. The minimum atomic E-state index is -1.23. The van der Waals surface area contributed by atoms with Gasteiger partial charge in [0, 0.05) is 11.1 Å². The van der Waals surface area contributed by atoms with Crippen LogP contribution in [0.1, 0.15) is 0 Å². The maximum Gasteiger partial charge on any atom is 0.414 e. The molecule has 0 saturated heterocycles. The summed E-state index contributed by atoms with van der Waals surface area (Å²) in [5.74, 6) is 0.357. The Kier molecular flexibility index (Phi) is 2.42. The molecule has 2 rings (SSSR count). The van der Waals surface area contributed by atoms with Crippen molar-refractivity contribution in [2.75, 3.05) is 11.5 Å². The highest BCUT2D eigenvalue weighted by atomic mass is 35.5. The van der Waals surface area contributed by atoms with Crippen LogP contribution in [0.3, 0.4) is 0 Å². The van der Waals surface area contributed by atoms with Gasteiger partial charge in [-0.05, 0) is 12.1 Å². The van der Waals surface area contributed by atoms with Gasteiger partial charge in [-0.15, -0.1) is 0 Å². The summed E-state index contributed by atoms with van der Waals surface area (Å²) in [6.45, 7) is -0.0976. The highest BCUT2D eigenvalue weighted by Gasteiger charge is 2.30. The molecule has 15 heavy (non-hydrogen) atoms. The molecule has 1 unspecified atom stereocenters. The summed E-state index contributed by atoms with van der Waals surface area (Å²) in [5.41, 5.74) is 0.297. The Morgan fingerprint density at radius 2 is 2.33 bits per heavy atom. The third kappa shape index (κ3) is 1.71. The van der Waals surface area contributed by atoms with E-state index in [0.717, 1.165) is 4.90 Å². The van der Waals surface area contributed by atoms with E-state index in [0.29, 0.717) is 16.5 Å². The third-order valence-electron chi connectivity index (χ3n) is 2.07. The molecule has 2 N–H and O–H groups in total. The van der Waals surface area contributed by atoms with Crippen LogP contribution >= 0.6 is 11.6 Å². The molecule has 1 aromatic carbocycles. The van der Waals surface area contributed by atoms with Crippen molar-refractivity contribution in [2.45, 2.75) is 6.23 Å². The summed E-state index contributed by atoms with van der Waals surface area (Å²) in [6.07, 6.45) is -2.41. The number of aliphatic hydroxyl groups excluding tert-OH is 1. The van der Waals surface area contributed by atoms with Crippen molar-refractivity contribution in [3.05, 3.63) is 23.2 Å². The van der Waals surface area contributed by atoms with Gasteiger partial charge in [0.05, 0.1) is 5.69 Å². The number of carbonyl (C=O) groups is 1. The van der Waals surface area contributed by atoms with Crippen molar-refractivity contribution >= 4 is 23.4 Å². The summed E-state index contributed by atoms with van der Waals surface area (Å²) in [5, 5.41) is 18.8. The molecular weight excluding hydrogens is 222 g/mol.